The molecule has 1 aliphatic rings. The molecule has 1 rings (SSSR count). The van der Waals surface area contributed by atoms with Crippen LogP contribution in [0.3, 0.4) is 0 Å². The molecule has 1 heterocycles. The molecule has 0 unspecified atom stereocenters. The first-order valence-corrected chi connectivity index (χ1v) is 7.80. The lowest BCUT2D eigenvalue weighted by molar-refractivity contribution is -0.172. The number of aliphatic hydroxyl groups excluding tert-OH is 4. The first kappa shape index (κ1) is 19.1. The van der Waals surface area contributed by atoms with Gasteiger partial charge in [0.15, 0.2) is 0 Å². The Morgan fingerprint density at radius 2 is 1.95 bits per heavy atom. The van der Waals surface area contributed by atoms with Crippen molar-refractivity contribution in [3.63, 3.8) is 0 Å². The summed E-state index contributed by atoms with van der Waals surface area (Å²) in [4.78, 5) is 12.3. The summed E-state index contributed by atoms with van der Waals surface area (Å²) in [6.45, 7) is 4.93. The van der Waals surface area contributed by atoms with E-state index in [1.54, 1.807) is 0 Å². The maximum Gasteiger partial charge on any atom is 0.314 e. The van der Waals surface area contributed by atoms with Crippen molar-refractivity contribution in [3.8, 4) is 0 Å². The lowest BCUT2D eigenvalue weighted by atomic mass is 9.82. The second kappa shape index (κ2) is 8.06. The third kappa shape index (κ3) is 5.05. The fourth-order valence-corrected chi connectivity index (χ4v) is 2.49. The number of rotatable bonds is 4. The molecule has 0 radical (unpaired) electrons. The second-order valence-corrected chi connectivity index (χ2v) is 6.55. The maximum atomic E-state index is 12.3. The van der Waals surface area contributed by atoms with Crippen LogP contribution in [0.1, 0.15) is 46.5 Å². The van der Waals surface area contributed by atoms with Gasteiger partial charge in [0.05, 0.1) is 29.8 Å². The first-order chi connectivity index (χ1) is 10.2. The van der Waals surface area contributed by atoms with Crippen molar-refractivity contribution in [2.24, 2.45) is 5.41 Å². The summed E-state index contributed by atoms with van der Waals surface area (Å²) in [5.74, 6) is -0.657. The Kier molecular flexibility index (Phi) is 6.99. The molecule has 0 aromatic heterocycles. The van der Waals surface area contributed by atoms with Gasteiger partial charge in [-0.1, -0.05) is 25.5 Å². The van der Waals surface area contributed by atoms with Crippen LogP contribution in [0.2, 0.25) is 0 Å². The number of esters is 1. The molecule has 0 fully saturated rings. The van der Waals surface area contributed by atoms with Crippen molar-refractivity contribution in [2.75, 3.05) is 0 Å². The summed E-state index contributed by atoms with van der Waals surface area (Å²) in [7, 11) is 0. The average molecular weight is 316 g/mol. The summed E-state index contributed by atoms with van der Waals surface area (Å²) >= 11 is 0. The molecule has 22 heavy (non-hydrogen) atoms. The lowest BCUT2D eigenvalue weighted by Gasteiger charge is -2.34. The summed E-state index contributed by atoms with van der Waals surface area (Å²) in [5.41, 5.74) is -1.29. The fraction of sp³-hybridized carbons (Fsp3) is 0.812. The minimum Gasteiger partial charge on any atom is -0.462 e. The molecule has 0 bridgehead atoms. The van der Waals surface area contributed by atoms with Gasteiger partial charge in [-0.15, -0.1) is 0 Å². The molecule has 0 amide bonds. The minimum absolute atomic E-state index is 0.141. The number of aliphatic hydroxyl groups is 4. The van der Waals surface area contributed by atoms with Gasteiger partial charge in [0.2, 0.25) is 0 Å². The largest absolute Gasteiger partial charge is 0.462 e. The predicted molar refractivity (Wildman–Crippen MR) is 81.0 cm³/mol. The highest BCUT2D eigenvalue weighted by molar-refractivity contribution is 5.77. The molecule has 6 nitrogen and oxygen atoms in total. The molecule has 0 saturated heterocycles. The zero-order valence-electron chi connectivity index (χ0n) is 13.5. The summed E-state index contributed by atoms with van der Waals surface area (Å²) in [5, 5.41) is 39.8. The van der Waals surface area contributed by atoms with E-state index in [2.05, 4.69) is 0 Å². The Bertz CT molecular complexity index is 392. The third-order valence-corrected chi connectivity index (χ3v) is 4.05. The van der Waals surface area contributed by atoms with Gasteiger partial charge in [-0.05, 0) is 20.3 Å². The Balaban J connectivity index is 2.94. The number of hydrogen-bond acceptors (Lipinski definition) is 6. The van der Waals surface area contributed by atoms with E-state index in [1.165, 1.54) is 26.0 Å². The standard InChI is InChI=1S/C16H28O6/c1-4-5-10(17)8-12-9-11(18)6-7-13(19)14(20)16(2,3)15(21)22-12/h6-7,10-14,17-20H,4-5,8-9H2,1-3H3/b7-6-/t10-,11+,12+,13+,14-/m0/s1. The Labute approximate surface area is 131 Å². The zero-order valence-corrected chi connectivity index (χ0v) is 13.5. The van der Waals surface area contributed by atoms with E-state index in [4.69, 9.17) is 4.74 Å². The minimum atomic E-state index is -1.34. The van der Waals surface area contributed by atoms with Crippen LogP contribution in [0.5, 0.6) is 0 Å². The van der Waals surface area contributed by atoms with E-state index in [0.717, 1.165) is 6.42 Å². The Morgan fingerprint density at radius 1 is 1.32 bits per heavy atom. The molecular formula is C16H28O6. The van der Waals surface area contributed by atoms with Crippen molar-refractivity contribution in [1.82, 2.24) is 0 Å². The van der Waals surface area contributed by atoms with Crippen LogP contribution < -0.4 is 0 Å². The predicted octanol–water partition coefficient (Wildman–Crippen LogP) is 0.518. The van der Waals surface area contributed by atoms with E-state index < -0.39 is 41.9 Å². The molecule has 4 N–H and O–H groups in total. The highest BCUT2D eigenvalue weighted by Crippen LogP contribution is 2.29. The normalized spacial score (nSPS) is 35.5. The van der Waals surface area contributed by atoms with Gasteiger partial charge in [-0.3, -0.25) is 4.79 Å². The lowest BCUT2D eigenvalue weighted by Crippen LogP contribution is -2.47. The number of carbonyl (C=O) groups is 1. The molecule has 128 valence electrons. The molecule has 1 aliphatic heterocycles. The van der Waals surface area contributed by atoms with Gasteiger partial charge in [0.1, 0.15) is 6.10 Å². The smallest absolute Gasteiger partial charge is 0.314 e. The number of ether oxygens (including phenoxy) is 1. The summed E-state index contributed by atoms with van der Waals surface area (Å²) in [6.07, 6.45) is -0.350. The Hall–Kier alpha value is -0.950. The number of hydrogen-bond donors (Lipinski definition) is 4. The Morgan fingerprint density at radius 3 is 2.55 bits per heavy atom. The van der Waals surface area contributed by atoms with Gasteiger partial charge in [-0.25, -0.2) is 0 Å². The van der Waals surface area contributed by atoms with Gasteiger partial charge >= 0.3 is 5.97 Å². The first-order valence-electron chi connectivity index (χ1n) is 7.80. The van der Waals surface area contributed by atoms with Crippen molar-refractivity contribution >= 4 is 5.97 Å². The van der Waals surface area contributed by atoms with Crippen molar-refractivity contribution in [2.45, 2.75) is 77.0 Å². The number of cyclic esters (lactones) is 1. The molecule has 0 saturated carbocycles. The molecular weight excluding hydrogens is 288 g/mol. The van der Waals surface area contributed by atoms with E-state index in [9.17, 15) is 25.2 Å². The van der Waals surface area contributed by atoms with Crippen LogP contribution in [-0.4, -0.2) is 56.9 Å². The average Bonchev–Trinajstić information content (AvgIpc) is 2.42. The highest BCUT2D eigenvalue weighted by atomic mass is 16.5. The monoisotopic (exact) mass is 316 g/mol. The van der Waals surface area contributed by atoms with E-state index in [-0.39, 0.29) is 12.8 Å². The molecule has 5 atom stereocenters. The topological polar surface area (TPSA) is 107 Å². The second-order valence-electron chi connectivity index (χ2n) is 6.55. The third-order valence-electron chi connectivity index (χ3n) is 4.05. The summed E-state index contributed by atoms with van der Waals surface area (Å²) in [6, 6.07) is 0. The van der Waals surface area contributed by atoms with Crippen LogP contribution in [-0.2, 0) is 9.53 Å². The van der Waals surface area contributed by atoms with Gasteiger partial charge in [0.25, 0.3) is 0 Å². The van der Waals surface area contributed by atoms with Crippen LogP contribution >= 0.6 is 0 Å². The van der Waals surface area contributed by atoms with E-state index >= 15 is 0 Å². The molecule has 6 heteroatoms. The van der Waals surface area contributed by atoms with Crippen LogP contribution in [0.4, 0.5) is 0 Å². The highest BCUT2D eigenvalue weighted by Gasteiger charge is 2.42. The maximum absolute atomic E-state index is 12.3. The van der Waals surface area contributed by atoms with Gasteiger partial charge in [-0.2, -0.15) is 0 Å². The molecule has 0 aliphatic carbocycles. The fourth-order valence-electron chi connectivity index (χ4n) is 2.49. The number of carbonyl (C=O) groups excluding carboxylic acids is 1. The van der Waals surface area contributed by atoms with Gasteiger partial charge in [0, 0.05) is 12.8 Å². The van der Waals surface area contributed by atoms with Crippen molar-refractivity contribution < 1.29 is 30.0 Å². The molecule has 0 spiro atoms. The quantitative estimate of drug-likeness (QED) is 0.445. The van der Waals surface area contributed by atoms with Crippen molar-refractivity contribution in [1.29, 1.82) is 0 Å². The van der Waals surface area contributed by atoms with Gasteiger partial charge < -0.3 is 25.2 Å². The van der Waals surface area contributed by atoms with E-state index in [0.29, 0.717) is 6.42 Å². The molecule has 0 aromatic rings. The van der Waals surface area contributed by atoms with Crippen molar-refractivity contribution in [3.05, 3.63) is 12.2 Å². The van der Waals surface area contributed by atoms with E-state index in [1.807, 2.05) is 6.92 Å². The summed E-state index contributed by atoms with van der Waals surface area (Å²) < 4.78 is 5.38. The molecule has 0 aromatic carbocycles. The SMILES string of the molecule is CCC[C@H](O)C[C@@H]1C[C@H](O)/C=C\[C@@H](O)[C@H](O)C(C)(C)C(=O)O1. The zero-order chi connectivity index (χ0) is 16.9. The van der Waals surface area contributed by atoms with Crippen LogP contribution in [0, 0.1) is 5.41 Å². The van der Waals surface area contributed by atoms with Crippen LogP contribution in [0.15, 0.2) is 12.2 Å². The van der Waals surface area contributed by atoms with Crippen LogP contribution in [0.25, 0.3) is 0 Å².